The van der Waals surface area contributed by atoms with Gasteiger partial charge in [0.1, 0.15) is 0 Å². The monoisotopic (exact) mass is 472 g/mol. The molecule has 0 saturated carbocycles. The van der Waals surface area contributed by atoms with Gasteiger partial charge in [-0.25, -0.2) is 4.79 Å². The van der Waals surface area contributed by atoms with Crippen LogP contribution in [0, 0.1) is 26.7 Å². The first-order valence-corrected chi connectivity index (χ1v) is 12.4. The molecule has 2 aromatic heterocycles. The van der Waals surface area contributed by atoms with Crippen LogP contribution in [-0.2, 0) is 6.54 Å². The van der Waals surface area contributed by atoms with E-state index in [1.54, 1.807) is 11.3 Å². The highest BCUT2D eigenvalue weighted by Crippen LogP contribution is 2.40. The molecule has 2 aliphatic heterocycles. The minimum Gasteiger partial charge on any atom is -0.465 e. The molecular weight excluding hydrogens is 440 g/mol. The molecule has 0 bridgehead atoms. The number of carboxylic acid groups (broad SMARTS) is 1. The third kappa shape index (κ3) is 4.78. The fourth-order valence-electron chi connectivity index (χ4n) is 5.29. The summed E-state index contributed by atoms with van der Waals surface area (Å²) >= 11 is 1.60. The van der Waals surface area contributed by atoms with Crippen molar-refractivity contribution in [2.75, 3.05) is 24.5 Å². The second kappa shape index (κ2) is 9.59. The van der Waals surface area contributed by atoms with Gasteiger partial charge in [-0.1, -0.05) is 0 Å². The molecule has 2 aliphatic rings. The van der Waals surface area contributed by atoms with Crippen molar-refractivity contribution < 1.29 is 14.7 Å². The van der Waals surface area contributed by atoms with Crippen LogP contribution in [0.25, 0.3) is 0 Å². The molecule has 1 unspecified atom stereocenters. The Morgan fingerprint density at radius 2 is 1.91 bits per heavy atom. The Hall–Kier alpha value is -2.81. The number of thiophene rings is 1. The maximum atomic E-state index is 12.9. The number of nitrogens with one attached hydrogen (secondary N) is 2. The summed E-state index contributed by atoms with van der Waals surface area (Å²) in [6.07, 6.45) is 3.15. The number of carbonyl (C=O) groups excluding carboxylic acids is 1. The number of aromatic amines is 1. The van der Waals surface area contributed by atoms with Crippen LogP contribution in [0.4, 0.5) is 9.80 Å². The molecule has 178 valence electrons. The van der Waals surface area contributed by atoms with Crippen LogP contribution in [-0.4, -0.2) is 52.7 Å². The third-order valence-corrected chi connectivity index (χ3v) is 8.21. The van der Waals surface area contributed by atoms with Crippen molar-refractivity contribution >= 4 is 28.3 Å². The van der Waals surface area contributed by atoms with Crippen LogP contribution in [0.1, 0.15) is 58.4 Å². The van der Waals surface area contributed by atoms with E-state index in [0.29, 0.717) is 36.2 Å². The van der Waals surface area contributed by atoms with Gasteiger partial charge < -0.3 is 25.2 Å². The summed E-state index contributed by atoms with van der Waals surface area (Å²) < 4.78 is 0. The summed E-state index contributed by atoms with van der Waals surface area (Å²) in [5.41, 5.74) is 3.72. The quantitative estimate of drug-likeness (QED) is 0.616. The highest BCUT2D eigenvalue weighted by molar-refractivity contribution is 7.14. The highest BCUT2D eigenvalue weighted by Gasteiger charge is 2.36. The minimum atomic E-state index is -0.829. The van der Waals surface area contributed by atoms with Crippen molar-refractivity contribution in [3.05, 3.63) is 49.7 Å². The predicted molar refractivity (Wildman–Crippen MR) is 129 cm³/mol. The van der Waals surface area contributed by atoms with Crippen molar-refractivity contribution in [1.29, 1.82) is 0 Å². The maximum Gasteiger partial charge on any atom is 0.407 e. The first kappa shape index (κ1) is 23.4. The number of piperidine rings is 1. The number of hydrogen-bond donors (Lipinski definition) is 3. The van der Waals surface area contributed by atoms with E-state index in [-0.39, 0.29) is 18.0 Å². The van der Waals surface area contributed by atoms with Gasteiger partial charge in [0, 0.05) is 48.9 Å². The Bertz CT molecular complexity index is 1100. The molecule has 2 saturated heterocycles. The van der Waals surface area contributed by atoms with Gasteiger partial charge in [0.2, 0.25) is 0 Å². The Morgan fingerprint density at radius 3 is 2.58 bits per heavy atom. The summed E-state index contributed by atoms with van der Waals surface area (Å²) in [4.78, 5) is 43.2. The molecule has 33 heavy (non-hydrogen) atoms. The Kier molecular flexibility index (Phi) is 6.78. The molecule has 2 fully saturated rings. The topological polar surface area (TPSA) is 106 Å². The second-order valence-electron chi connectivity index (χ2n) is 9.22. The van der Waals surface area contributed by atoms with Crippen LogP contribution >= 0.6 is 11.3 Å². The second-order valence-corrected chi connectivity index (χ2v) is 10.1. The summed E-state index contributed by atoms with van der Waals surface area (Å²) in [5.74, 6) is 0.304. The molecule has 0 radical (unpaired) electrons. The molecule has 0 aromatic carbocycles. The van der Waals surface area contributed by atoms with E-state index in [1.165, 1.54) is 4.90 Å². The number of aryl methyl sites for hydroxylation is 2. The van der Waals surface area contributed by atoms with E-state index < -0.39 is 6.09 Å². The lowest BCUT2D eigenvalue weighted by Gasteiger charge is -2.38. The number of aromatic nitrogens is 1. The van der Waals surface area contributed by atoms with Crippen LogP contribution in [0.3, 0.4) is 0 Å². The van der Waals surface area contributed by atoms with Gasteiger partial charge in [-0.05, 0) is 69.6 Å². The van der Waals surface area contributed by atoms with Crippen LogP contribution < -0.4 is 15.8 Å². The van der Waals surface area contributed by atoms with E-state index in [0.717, 1.165) is 54.0 Å². The standard InChI is InChI=1S/C24H32N4O4S/c1-14-11-15(2)26-22(30)18(14)12-25-21(29)19-13-33-23(16(19)3)28-8-4-5-20(28)17-6-9-27(10-7-17)24(31)32/h11,13,17,20H,4-10,12H2,1-3H3,(H,25,29)(H,26,30)(H,31,32). The summed E-state index contributed by atoms with van der Waals surface area (Å²) in [5, 5.41) is 15.2. The molecule has 2 amide bonds. The summed E-state index contributed by atoms with van der Waals surface area (Å²) in [7, 11) is 0. The van der Waals surface area contributed by atoms with Gasteiger partial charge in [0.05, 0.1) is 10.6 Å². The van der Waals surface area contributed by atoms with Crippen molar-refractivity contribution in [3.8, 4) is 0 Å². The lowest BCUT2D eigenvalue weighted by atomic mass is 9.88. The largest absolute Gasteiger partial charge is 0.465 e. The minimum absolute atomic E-state index is 0.163. The van der Waals surface area contributed by atoms with Gasteiger partial charge >= 0.3 is 6.09 Å². The van der Waals surface area contributed by atoms with Crippen molar-refractivity contribution in [3.63, 3.8) is 0 Å². The van der Waals surface area contributed by atoms with Gasteiger partial charge in [-0.3, -0.25) is 9.59 Å². The summed E-state index contributed by atoms with van der Waals surface area (Å²) in [6, 6.07) is 2.30. The first-order chi connectivity index (χ1) is 15.8. The summed E-state index contributed by atoms with van der Waals surface area (Å²) in [6.45, 7) is 8.06. The number of likely N-dealkylation sites (tertiary alicyclic amines) is 1. The fraction of sp³-hybridized carbons (Fsp3) is 0.542. The van der Waals surface area contributed by atoms with Crippen LogP contribution in [0.5, 0.6) is 0 Å². The SMILES string of the molecule is Cc1cc(C)c(CNC(=O)c2csc(N3CCCC3C3CCN(C(=O)O)CC3)c2C)c(=O)[nH]1. The van der Waals surface area contributed by atoms with E-state index in [4.69, 9.17) is 0 Å². The molecule has 0 spiro atoms. The number of amides is 2. The molecule has 0 aliphatic carbocycles. The molecule has 8 nitrogen and oxygen atoms in total. The number of hydrogen-bond acceptors (Lipinski definition) is 5. The van der Waals surface area contributed by atoms with E-state index in [1.807, 2.05) is 32.2 Å². The lowest BCUT2D eigenvalue weighted by molar-refractivity contribution is 0.0950. The van der Waals surface area contributed by atoms with Gasteiger partial charge in [0.25, 0.3) is 11.5 Å². The average Bonchev–Trinajstić information content (AvgIpc) is 3.39. The zero-order chi connectivity index (χ0) is 23.7. The molecule has 4 rings (SSSR count). The van der Waals surface area contributed by atoms with Gasteiger partial charge in [-0.15, -0.1) is 11.3 Å². The lowest BCUT2D eigenvalue weighted by Crippen LogP contribution is -2.44. The smallest absolute Gasteiger partial charge is 0.407 e. The molecule has 9 heteroatoms. The van der Waals surface area contributed by atoms with Gasteiger partial charge in [0.15, 0.2) is 0 Å². The van der Waals surface area contributed by atoms with Crippen LogP contribution in [0.2, 0.25) is 0 Å². The number of pyridine rings is 1. The average molecular weight is 473 g/mol. The van der Waals surface area contributed by atoms with Crippen molar-refractivity contribution in [2.24, 2.45) is 5.92 Å². The van der Waals surface area contributed by atoms with Crippen LogP contribution in [0.15, 0.2) is 16.2 Å². The number of anilines is 1. The number of rotatable bonds is 5. The zero-order valence-corrected chi connectivity index (χ0v) is 20.3. The fourth-order valence-corrected chi connectivity index (χ4v) is 6.45. The maximum absolute atomic E-state index is 12.9. The van der Waals surface area contributed by atoms with E-state index in [2.05, 4.69) is 15.2 Å². The highest BCUT2D eigenvalue weighted by atomic mass is 32.1. The zero-order valence-electron chi connectivity index (χ0n) is 19.4. The first-order valence-electron chi connectivity index (χ1n) is 11.6. The van der Waals surface area contributed by atoms with E-state index >= 15 is 0 Å². The Balaban J connectivity index is 1.44. The Labute approximate surface area is 197 Å². The van der Waals surface area contributed by atoms with Crippen molar-refractivity contribution in [2.45, 2.75) is 59.0 Å². The predicted octanol–water partition coefficient (Wildman–Crippen LogP) is 3.65. The number of H-pyrrole nitrogens is 1. The number of nitrogens with zero attached hydrogens (tertiary/aromatic N) is 2. The van der Waals surface area contributed by atoms with E-state index in [9.17, 15) is 19.5 Å². The third-order valence-electron chi connectivity index (χ3n) is 7.09. The molecule has 4 heterocycles. The molecular formula is C24H32N4O4S. The normalized spacial score (nSPS) is 19.2. The van der Waals surface area contributed by atoms with Gasteiger partial charge in [-0.2, -0.15) is 0 Å². The Morgan fingerprint density at radius 1 is 1.18 bits per heavy atom. The molecule has 1 atom stereocenters. The molecule has 2 aromatic rings. The molecule has 3 N–H and O–H groups in total. The van der Waals surface area contributed by atoms with Crippen molar-refractivity contribution in [1.82, 2.24) is 15.2 Å². The number of carbonyl (C=O) groups is 2.